The van der Waals surface area contributed by atoms with Crippen LogP contribution in [0.2, 0.25) is 0 Å². The van der Waals surface area contributed by atoms with Gasteiger partial charge in [0, 0.05) is 18.8 Å². The fourth-order valence-corrected chi connectivity index (χ4v) is 2.56. The fourth-order valence-electron chi connectivity index (χ4n) is 2.56. The lowest BCUT2D eigenvalue weighted by Gasteiger charge is -2.13. The van der Waals surface area contributed by atoms with Crippen molar-refractivity contribution in [3.8, 4) is 5.88 Å². The second kappa shape index (κ2) is 7.63. The second-order valence-corrected chi connectivity index (χ2v) is 5.88. The Morgan fingerprint density at radius 3 is 2.62 bits per heavy atom. The van der Waals surface area contributed by atoms with Gasteiger partial charge in [0.1, 0.15) is 6.61 Å². The van der Waals surface area contributed by atoms with E-state index in [1.165, 1.54) is 0 Å². The Morgan fingerprint density at radius 2 is 1.96 bits per heavy atom. The van der Waals surface area contributed by atoms with Crippen molar-refractivity contribution < 1.29 is 27.4 Å². The number of pyridine rings is 1. The van der Waals surface area contributed by atoms with Crippen LogP contribution in [0.4, 0.5) is 18.0 Å². The van der Waals surface area contributed by atoms with Crippen LogP contribution in [0.25, 0.3) is 0 Å². The standard InChI is InChI=1S/C18H17F3N2O3/c19-18(20,21)14-6-7-16(22-10-14)25-12-15-11-23(17(24)26-15)9-8-13-4-2-1-3-5-13/h1-7,10,15H,8-9,11-12H2/t15-/m0/s1. The lowest BCUT2D eigenvalue weighted by Crippen LogP contribution is -2.28. The SMILES string of the molecule is O=C1O[C@H](COc2ccc(C(F)(F)F)cn2)CN1CCc1ccccc1. The summed E-state index contributed by atoms with van der Waals surface area (Å²) in [6.45, 7) is 0.927. The third-order valence-electron chi connectivity index (χ3n) is 3.94. The molecule has 0 N–H and O–H groups in total. The van der Waals surface area contributed by atoms with E-state index >= 15 is 0 Å². The summed E-state index contributed by atoms with van der Waals surface area (Å²) in [6, 6.07) is 11.8. The summed E-state index contributed by atoms with van der Waals surface area (Å²) in [5.41, 5.74) is 0.276. The number of rotatable bonds is 6. The van der Waals surface area contributed by atoms with Crippen LogP contribution in [-0.4, -0.2) is 41.8 Å². The van der Waals surface area contributed by atoms with Crippen LogP contribution in [0.15, 0.2) is 48.7 Å². The molecule has 2 heterocycles. The quantitative estimate of drug-likeness (QED) is 0.785. The lowest BCUT2D eigenvalue weighted by molar-refractivity contribution is -0.137. The molecule has 1 saturated heterocycles. The van der Waals surface area contributed by atoms with Crippen LogP contribution < -0.4 is 4.74 Å². The van der Waals surface area contributed by atoms with E-state index < -0.39 is 23.9 Å². The zero-order chi connectivity index (χ0) is 18.6. The van der Waals surface area contributed by atoms with Gasteiger partial charge in [0.05, 0.1) is 12.1 Å². The maximum atomic E-state index is 12.5. The number of alkyl halides is 3. The molecule has 0 aliphatic carbocycles. The number of carbonyl (C=O) groups excluding carboxylic acids is 1. The molecule has 1 aliphatic heterocycles. The Morgan fingerprint density at radius 1 is 1.19 bits per heavy atom. The Balaban J connectivity index is 1.47. The fraction of sp³-hybridized carbons (Fsp3) is 0.333. The molecule has 2 aromatic rings. The number of ether oxygens (including phenoxy) is 2. The molecular formula is C18H17F3N2O3. The maximum Gasteiger partial charge on any atom is 0.417 e. The minimum absolute atomic E-state index is 0.0337. The Hall–Kier alpha value is -2.77. The average molecular weight is 366 g/mol. The minimum atomic E-state index is -4.44. The Labute approximate surface area is 148 Å². The minimum Gasteiger partial charge on any atom is -0.474 e. The van der Waals surface area contributed by atoms with Crippen molar-refractivity contribution in [1.29, 1.82) is 0 Å². The van der Waals surface area contributed by atoms with E-state index in [0.29, 0.717) is 25.7 Å². The number of nitrogens with zero attached hydrogens (tertiary/aromatic N) is 2. The molecule has 3 rings (SSSR count). The van der Waals surface area contributed by atoms with Crippen LogP contribution in [0.3, 0.4) is 0 Å². The molecule has 138 valence electrons. The van der Waals surface area contributed by atoms with Gasteiger partial charge in [0.2, 0.25) is 5.88 Å². The third kappa shape index (κ3) is 4.65. The number of cyclic esters (lactones) is 1. The molecule has 1 fully saturated rings. The summed E-state index contributed by atoms with van der Waals surface area (Å²) in [6.07, 6.45) is -3.92. The van der Waals surface area contributed by atoms with Crippen molar-refractivity contribution in [2.24, 2.45) is 0 Å². The van der Waals surface area contributed by atoms with Gasteiger partial charge in [-0.1, -0.05) is 30.3 Å². The van der Waals surface area contributed by atoms with E-state index in [1.807, 2.05) is 30.3 Å². The normalized spacial score (nSPS) is 17.3. The van der Waals surface area contributed by atoms with E-state index in [4.69, 9.17) is 9.47 Å². The number of hydrogen-bond acceptors (Lipinski definition) is 4. The molecule has 1 atom stereocenters. The van der Waals surface area contributed by atoms with Gasteiger partial charge >= 0.3 is 12.3 Å². The zero-order valence-corrected chi connectivity index (χ0v) is 13.8. The second-order valence-electron chi connectivity index (χ2n) is 5.88. The number of halogens is 3. The topological polar surface area (TPSA) is 51.7 Å². The van der Waals surface area contributed by atoms with Crippen molar-refractivity contribution in [3.05, 3.63) is 59.8 Å². The molecule has 1 aromatic carbocycles. The average Bonchev–Trinajstić information content (AvgIpc) is 2.98. The molecule has 0 radical (unpaired) electrons. The summed E-state index contributed by atoms with van der Waals surface area (Å²) in [5, 5.41) is 0. The molecule has 0 spiro atoms. The first-order chi connectivity index (χ1) is 12.4. The van der Waals surface area contributed by atoms with Gasteiger partial charge in [0.15, 0.2) is 6.10 Å². The molecule has 1 aliphatic rings. The highest BCUT2D eigenvalue weighted by Gasteiger charge is 2.32. The van der Waals surface area contributed by atoms with Gasteiger partial charge in [-0.05, 0) is 18.1 Å². The molecule has 26 heavy (non-hydrogen) atoms. The predicted molar refractivity (Wildman–Crippen MR) is 86.7 cm³/mol. The highest BCUT2D eigenvalue weighted by atomic mass is 19.4. The van der Waals surface area contributed by atoms with Crippen LogP contribution >= 0.6 is 0 Å². The summed E-state index contributed by atoms with van der Waals surface area (Å²) in [7, 11) is 0. The Bertz CT molecular complexity index is 736. The summed E-state index contributed by atoms with van der Waals surface area (Å²) < 4.78 is 48.0. The van der Waals surface area contributed by atoms with Crippen LogP contribution in [0, 0.1) is 0 Å². The van der Waals surface area contributed by atoms with E-state index in [2.05, 4.69) is 4.98 Å². The molecule has 1 aromatic heterocycles. The van der Waals surface area contributed by atoms with E-state index in [1.54, 1.807) is 4.90 Å². The van der Waals surface area contributed by atoms with Crippen LogP contribution in [0.5, 0.6) is 5.88 Å². The van der Waals surface area contributed by atoms with Gasteiger partial charge in [0.25, 0.3) is 0 Å². The number of hydrogen-bond donors (Lipinski definition) is 0. The van der Waals surface area contributed by atoms with E-state index in [9.17, 15) is 18.0 Å². The molecule has 0 saturated carbocycles. The smallest absolute Gasteiger partial charge is 0.417 e. The maximum absolute atomic E-state index is 12.5. The number of benzene rings is 1. The predicted octanol–water partition coefficient (Wildman–Crippen LogP) is 3.54. The van der Waals surface area contributed by atoms with Gasteiger partial charge in [-0.3, -0.25) is 0 Å². The Kier molecular flexibility index (Phi) is 5.29. The number of aromatic nitrogens is 1. The van der Waals surface area contributed by atoms with Gasteiger partial charge in [-0.15, -0.1) is 0 Å². The molecule has 5 nitrogen and oxygen atoms in total. The van der Waals surface area contributed by atoms with Gasteiger partial charge < -0.3 is 14.4 Å². The monoisotopic (exact) mass is 366 g/mol. The van der Waals surface area contributed by atoms with Crippen LogP contribution in [-0.2, 0) is 17.3 Å². The largest absolute Gasteiger partial charge is 0.474 e. The van der Waals surface area contributed by atoms with Crippen LogP contribution in [0.1, 0.15) is 11.1 Å². The van der Waals surface area contributed by atoms with Crippen molar-refractivity contribution in [2.45, 2.75) is 18.7 Å². The highest BCUT2D eigenvalue weighted by Crippen LogP contribution is 2.29. The molecule has 0 unspecified atom stereocenters. The van der Waals surface area contributed by atoms with Crippen molar-refractivity contribution >= 4 is 6.09 Å². The third-order valence-corrected chi connectivity index (χ3v) is 3.94. The van der Waals surface area contributed by atoms with Crippen molar-refractivity contribution in [2.75, 3.05) is 19.7 Å². The van der Waals surface area contributed by atoms with Gasteiger partial charge in [-0.25, -0.2) is 9.78 Å². The number of amides is 1. The zero-order valence-electron chi connectivity index (χ0n) is 13.8. The van der Waals surface area contributed by atoms with Gasteiger partial charge in [-0.2, -0.15) is 13.2 Å². The van der Waals surface area contributed by atoms with Crippen molar-refractivity contribution in [1.82, 2.24) is 9.88 Å². The first-order valence-corrected chi connectivity index (χ1v) is 8.07. The molecule has 8 heteroatoms. The van der Waals surface area contributed by atoms with E-state index in [0.717, 1.165) is 17.7 Å². The lowest BCUT2D eigenvalue weighted by atomic mass is 10.1. The van der Waals surface area contributed by atoms with Crippen molar-refractivity contribution in [3.63, 3.8) is 0 Å². The first kappa shape index (κ1) is 18.0. The summed E-state index contributed by atoms with van der Waals surface area (Å²) >= 11 is 0. The summed E-state index contributed by atoms with van der Waals surface area (Å²) in [4.78, 5) is 17.1. The number of carbonyl (C=O) groups is 1. The molecule has 1 amide bonds. The first-order valence-electron chi connectivity index (χ1n) is 8.07. The van der Waals surface area contributed by atoms with E-state index in [-0.39, 0.29) is 12.5 Å². The highest BCUT2D eigenvalue weighted by molar-refractivity contribution is 5.69. The molecular weight excluding hydrogens is 349 g/mol. The summed E-state index contributed by atoms with van der Waals surface area (Å²) in [5.74, 6) is 0.0526. The molecule has 0 bridgehead atoms.